The molecule has 31 heavy (non-hydrogen) atoms. The Labute approximate surface area is 202 Å². The van der Waals surface area contributed by atoms with Crippen LogP contribution in [0.15, 0.2) is 0 Å². The fourth-order valence-electron chi connectivity index (χ4n) is 3.91. The average molecular weight is 477 g/mol. The minimum Gasteiger partial charge on any atom is -0.373 e. The molecule has 0 aromatic heterocycles. The Hall–Kier alpha value is 0.447. The van der Waals surface area contributed by atoms with Crippen LogP contribution in [0, 0.1) is 17.8 Å². The topological polar surface area (TPSA) is 27.7 Å². The lowest BCUT2D eigenvalue weighted by atomic mass is 10.0. The fraction of sp³-hybridized carbons (Fsp3) is 1.00. The Kier molecular flexibility index (Phi) is 21.3. The molecule has 5 heteroatoms. The van der Waals surface area contributed by atoms with Crippen LogP contribution < -0.4 is 0 Å². The molecule has 0 N–H and O–H groups in total. The zero-order valence-corrected chi connectivity index (χ0v) is 23.8. The van der Waals surface area contributed by atoms with Crippen molar-refractivity contribution < 1.29 is 13.3 Å². The van der Waals surface area contributed by atoms with E-state index in [-0.39, 0.29) is 0 Å². The molecular formula is C26H56O3SSi. The van der Waals surface area contributed by atoms with Gasteiger partial charge >= 0.3 is 8.80 Å². The predicted molar refractivity (Wildman–Crippen MR) is 142 cm³/mol. The van der Waals surface area contributed by atoms with Crippen molar-refractivity contribution in [2.45, 2.75) is 125 Å². The van der Waals surface area contributed by atoms with E-state index in [0.29, 0.717) is 17.8 Å². The lowest BCUT2D eigenvalue weighted by Crippen LogP contribution is -2.49. The van der Waals surface area contributed by atoms with Gasteiger partial charge in [-0.15, -0.1) is 0 Å². The number of hydrogen-bond donors (Lipinski definition) is 1. The first-order chi connectivity index (χ1) is 15.0. The molecule has 0 aliphatic heterocycles. The highest BCUT2D eigenvalue weighted by molar-refractivity contribution is 7.80. The zero-order valence-electron chi connectivity index (χ0n) is 21.9. The van der Waals surface area contributed by atoms with Crippen LogP contribution >= 0.6 is 12.6 Å². The summed E-state index contributed by atoms with van der Waals surface area (Å²) in [6.45, 7) is 16.0. The summed E-state index contributed by atoms with van der Waals surface area (Å²) in [4.78, 5) is 0. The van der Waals surface area contributed by atoms with Crippen LogP contribution in [0.3, 0.4) is 0 Å². The van der Waals surface area contributed by atoms with E-state index >= 15 is 0 Å². The van der Waals surface area contributed by atoms with Crippen molar-refractivity contribution in [3.63, 3.8) is 0 Å². The maximum atomic E-state index is 6.66. The second kappa shape index (κ2) is 21.0. The van der Waals surface area contributed by atoms with Crippen molar-refractivity contribution in [3.05, 3.63) is 0 Å². The molecule has 0 radical (unpaired) electrons. The van der Waals surface area contributed by atoms with Crippen LogP contribution in [0.5, 0.6) is 0 Å². The number of thiol groups is 1. The standard InChI is InChI=1S/C26H56O3SSi/c1-7-13-16-24(10-4)21-27-31(20-19-30,28-22-25(11-5)17-14-8-2)29-23-26(12-6)18-15-9-3/h24-26,30H,7-23H2,1-6H3. The maximum absolute atomic E-state index is 6.66. The van der Waals surface area contributed by atoms with Gasteiger partial charge in [-0.25, -0.2) is 0 Å². The molecule has 0 aliphatic carbocycles. The third-order valence-corrected chi connectivity index (χ3v) is 9.99. The summed E-state index contributed by atoms with van der Waals surface area (Å²) < 4.78 is 20.0. The minimum atomic E-state index is -2.73. The molecule has 3 atom stereocenters. The Balaban J connectivity index is 5.26. The summed E-state index contributed by atoms with van der Waals surface area (Å²) >= 11 is 4.58. The van der Waals surface area contributed by atoms with Gasteiger partial charge in [0.25, 0.3) is 0 Å². The summed E-state index contributed by atoms with van der Waals surface area (Å²) in [7, 11) is -2.73. The third kappa shape index (κ3) is 15.1. The molecular weight excluding hydrogens is 420 g/mol. The normalized spacial score (nSPS) is 16.7. The lowest BCUT2D eigenvalue weighted by molar-refractivity contribution is 0.0256. The molecule has 0 heterocycles. The SMILES string of the molecule is CCCCC(CC)CO[Si](CCS)(OCC(CC)CCCC)OCC(CC)CCCC. The van der Waals surface area contributed by atoms with E-state index in [1.54, 1.807) is 0 Å². The summed E-state index contributed by atoms with van der Waals surface area (Å²) in [6, 6.07) is 0.814. The van der Waals surface area contributed by atoms with Crippen molar-refractivity contribution in [1.82, 2.24) is 0 Å². The quantitative estimate of drug-likeness (QED) is 0.118. The number of hydrogen-bond acceptors (Lipinski definition) is 4. The van der Waals surface area contributed by atoms with E-state index in [2.05, 4.69) is 54.2 Å². The highest BCUT2D eigenvalue weighted by atomic mass is 32.1. The van der Waals surface area contributed by atoms with Gasteiger partial charge in [0.05, 0.1) is 0 Å². The molecule has 0 aromatic carbocycles. The summed E-state index contributed by atoms with van der Waals surface area (Å²) in [5.41, 5.74) is 0. The largest absolute Gasteiger partial charge is 0.501 e. The van der Waals surface area contributed by atoms with Crippen molar-refractivity contribution >= 4 is 21.4 Å². The lowest BCUT2D eigenvalue weighted by Gasteiger charge is -2.33. The van der Waals surface area contributed by atoms with Crippen LogP contribution in [-0.2, 0) is 13.3 Å². The predicted octanol–water partition coefficient (Wildman–Crippen LogP) is 8.55. The first-order valence-electron chi connectivity index (χ1n) is 13.6. The molecule has 0 fully saturated rings. The Bertz CT molecular complexity index is 333. The van der Waals surface area contributed by atoms with E-state index in [1.165, 1.54) is 57.8 Å². The summed E-state index contributed by atoms with van der Waals surface area (Å²) in [5.74, 6) is 2.56. The van der Waals surface area contributed by atoms with Gasteiger partial charge in [0.2, 0.25) is 0 Å². The van der Waals surface area contributed by atoms with Gasteiger partial charge in [0.1, 0.15) is 0 Å². The summed E-state index contributed by atoms with van der Waals surface area (Å²) in [5, 5.41) is 0. The van der Waals surface area contributed by atoms with Crippen molar-refractivity contribution in [1.29, 1.82) is 0 Å². The van der Waals surface area contributed by atoms with Gasteiger partial charge in [0.15, 0.2) is 0 Å². The molecule has 0 aromatic rings. The van der Waals surface area contributed by atoms with Crippen LogP contribution in [0.25, 0.3) is 0 Å². The van der Waals surface area contributed by atoms with Crippen LogP contribution in [0.4, 0.5) is 0 Å². The molecule has 0 saturated carbocycles. The molecule has 0 spiro atoms. The molecule has 0 saturated heterocycles. The first-order valence-corrected chi connectivity index (χ1v) is 16.1. The summed E-state index contributed by atoms with van der Waals surface area (Å²) in [6.07, 6.45) is 14.7. The van der Waals surface area contributed by atoms with E-state index in [0.717, 1.165) is 50.9 Å². The molecule has 3 nitrogen and oxygen atoms in total. The Morgan fingerprint density at radius 3 is 1.13 bits per heavy atom. The van der Waals surface area contributed by atoms with Gasteiger partial charge in [-0.05, 0) is 42.8 Å². The van der Waals surface area contributed by atoms with E-state index < -0.39 is 8.80 Å². The Morgan fingerprint density at radius 2 is 0.903 bits per heavy atom. The maximum Gasteiger partial charge on any atom is 0.501 e. The van der Waals surface area contributed by atoms with E-state index in [1.807, 2.05) is 0 Å². The second-order valence-electron chi connectivity index (χ2n) is 9.34. The fourth-order valence-corrected chi connectivity index (χ4v) is 7.15. The molecule has 0 bridgehead atoms. The van der Waals surface area contributed by atoms with Gasteiger partial charge in [0, 0.05) is 25.9 Å². The Morgan fingerprint density at radius 1 is 0.581 bits per heavy atom. The van der Waals surface area contributed by atoms with Gasteiger partial charge in [-0.1, -0.05) is 99.3 Å². The molecule has 188 valence electrons. The number of rotatable bonds is 23. The van der Waals surface area contributed by atoms with Gasteiger partial charge in [-0.3, -0.25) is 0 Å². The van der Waals surface area contributed by atoms with Crippen molar-refractivity contribution in [2.24, 2.45) is 17.8 Å². The molecule has 0 rings (SSSR count). The first kappa shape index (κ1) is 31.4. The van der Waals surface area contributed by atoms with Crippen molar-refractivity contribution in [2.75, 3.05) is 25.6 Å². The molecule has 0 aliphatic rings. The average Bonchev–Trinajstić information content (AvgIpc) is 2.79. The van der Waals surface area contributed by atoms with E-state index in [9.17, 15) is 0 Å². The van der Waals surface area contributed by atoms with Gasteiger partial charge < -0.3 is 13.3 Å². The van der Waals surface area contributed by atoms with Crippen LogP contribution in [0.2, 0.25) is 6.04 Å². The smallest absolute Gasteiger partial charge is 0.373 e. The van der Waals surface area contributed by atoms with Crippen LogP contribution in [-0.4, -0.2) is 34.4 Å². The van der Waals surface area contributed by atoms with Gasteiger partial charge in [-0.2, -0.15) is 12.6 Å². The van der Waals surface area contributed by atoms with Crippen molar-refractivity contribution in [3.8, 4) is 0 Å². The van der Waals surface area contributed by atoms with Crippen LogP contribution in [0.1, 0.15) is 119 Å². The highest BCUT2D eigenvalue weighted by Crippen LogP contribution is 2.25. The third-order valence-electron chi connectivity index (χ3n) is 6.66. The van der Waals surface area contributed by atoms with E-state index in [4.69, 9.17) is 13.3 Å². The zero-order chi connectivity index (χ0) is 23.4. The number of unbranched alkanes of at least 4 members (excludes halogenated alkanes) is 3. The second-order valence-corrected chi connectivity index (χ2v) is 12.5. The monoisotopic (exact) mass is 476 g/mol. The molecule has 0 amide bonds. The molecule has 3 unspecified atom stereocenters. The highest BCUT2D eigenvalue weighted by Gasteiger charge is 2.42. The minimum absolute atomic E-state index is 0.600.